The Balaban J connectivity index is 1.50. The fraction of sp³-hybridized carbons (Fsp3) is 0.182. The van der Waals surface area contributed by atoms with Crippen molar-refractivity contribution in [3.05, 3.63) is 75.5 Å². The number of rotatable bonds is 8. The number of anilines is 1. The number of nitrogens with one attached hydrogen (secondary N) is 2. The van der Waals surface area contributed by atoms with Gasteiger partial charge in [0.05, 0.1) is 12.3 Å². The van der Waals surface area contributed by atoms with Gasteiger partial charge < -0.3 is 15.2 Å². The Bertz CT molecular complexity index is 1160. The number of benzene rings is 2. The average Bonchev–Trinajstić information content (AvgIpc) is 3.12. The number of aryl methyl sites for hydroxylation is 1. The van der Waals surface area contributed by atoms with Gasteiger partial charge in [0.2, 0.25) is 11.8 Å². The Labute approximate surface area is 200 Å². The Kier molecular flexibility index (Phi) is 8.33. The number of carbonyl (C=O) groups is 2. The lowest BCUT2D eigenvalue weighted by Gasteiger charge is -2.08. The van der Waals surface area contributed by atoms with Gasteiger partial charge in [-0.2, -0.15) is 0 Å². The highest BCUT2D eigenvalue weighted by Crippen LogP contribution is 2.21. The van der Waals surface area contributed by atoms with Gasteiger partial charge in [0.15, 0.2) is 11.0 Å². The summed E-state index contributed by atoms with van der Waals surface area (Å²) in [5.41, 5.74) is 2.36. The van der Waals surface area contributed by atoms with Crippen LogP contribution in [0.4, 0.5) is 5.69 Å². The SMILES string of the molecule is Cc1ccc(Cl)cc1NC(=O)CSc1nnc(CNC(=O)/C=C/c2ccccc2Cl)n1C. The van der Waals surface area contributed by atoms with E-state index in [0.717, 1.165) is 11.1 Å². The van der Waals surface area contributed by atoms with Crippen LogP contribution in [0, 0.1) is 6.92 Å². The number of nitrogens with zero attached hydrogens (tertiary/aromatic N) is 3. The molecule has 7 nitrogen and oxygen atoms in total. The van der Waals surface area contributed by atoms with E-state index in [1.807, 2.05) is 31.2 Å². The second-order valence-corrected chi connectivity index (χ2v) is 8.61. The van der Waals surface area contributed by atoms with E-state index in [9.17, 15) is 9.59 Å². The third-order valence-electron chi connectivity index (χ3n) is 4.47. The van der Waals surface area contributed by atoms with Crippen LogP contribution in [0.25, 0.3) is 6.08 Å². The molecule has 10 heteroatoms. The minimum absolute atomic E-state index is 0.158. The number of carbonyl (C=O) groups excluding carboxylic acids is 2. The normalized spacial score (nSPS) is 11.0. The molecule has 0 aliphatic rings. The molecule has 3 aromatic rings. The maximum absolute atomic E-state index is 12.3. The smallest absolute Gasteiger partial charge is 0.244 e. The van der Waals surface area contributed by atoms with Crippen LogP contribution >= 0.6 is 35.0 Å². The molecule has 0 radical (unpaired) electrons. The summed E-state index contributed by atoms with van der Waals surface area (Å²) in [6, 6.07) is 12.6. The predicted octanol–water partition coefficient (Wildman–Crippen LogP) is 4.49. The van der Waals surface area contributed by atoms with E-state index >= 15 is 0 Å². The Hall–Kier alpha value is -2.81. The third kappa shape index (κ3) is 6.59. The number of hydrogen-bond donors (Lipinski definition) is 2. The Morgan fingerprint density at radius 3 is 2.72 bits per heavy atom. The molecule has 1 aromatic heterocycles. The number of thioether (sulfide) groups is 1. The molecule has 0 fully saturated rings. The largest absolute Gasteiger partial charge is 0.345 e. The molecule has 0 saturated heterocycles. The minimum atomic E-state index is -0.279. The van der Waals surface area contributed by atoms with Crippen molar-refractivity contribution in [1.29, 1.82) is 0 Å². The predicted molar refractivity (Wildman–Crippen MR) is 129 cm³/mol. The van der Waals surface area contributed by atoms with Gasteiger partial charge in [-0.15, -0.1) is 10.2 Å². The lowest BCUT2D eigenvalue weighted by atomic mass is 10.2. The highest BCUT2D eigenvalue weighted by molar-refractivity contribution is 7.99. The monoisotopic (exact) mass is 489 g/mol. The van der Waals surface area contributed by atoms with Crippen molar-refractivity contribution in [2.24, 2.45) is 7.05 Å². The van der Waals surface area contributed by atoms with Gasteiger partial charge in [-0.25, -0.2) is 0 Å². The summed E-state index contributed by atoms with van der Waals surface area (Å²) < 4.78 is 1.74. The fourth-order valence-corrected chi connectivity index (χ4v) is 3.77. The molecule has 3 rings (SSSR count). The Morgan fingerprint density at radius 1 is 1.16 bits per heavy atom. The number of halogens is 2. The summed E-state index contributed by atoms with van der Waals surface area (Å²) in [6.07, 6.45) is 3.06. The van der Waals surface area contributed by atoms with E-state index in [2.05, 4.69) is 20.8 Å². The topological polar surface area (TPSA) is 88.9 Å². The van der Waals surface area contributed by atoms with Crippen molar-refractivity contribution < 1.29 is 9.59 Å². The standard InChI is InChI=1S/C22H21Cl2N5O2S/c1-14-7-9-16(23)11-18(14)26-21(31)13-32-22-28-27-19(29(22)2)12-25-20(30)10-8-15-5-3-4-6-17(15)24/h3-11H,12-13H2,1-2H3,(H,25,30)(H,26,31)/b10-8+. The molecule has 0 aliphatic carbocycles. The van der Waals surface area contributed by atoms with E-state index in [1.165, 1.54) is 17.8 Å². The van der Waals surface area contributed by atoms with Crippen molar-refractivity contribution in [2.45, 2.75) is 18.6 Å². The molecular weight excluding hydrogens is 469 g/mol. The van der Waals surface area contributed by atoms with E-state index in [1.54, 1.807) is 35.9 Å². The van der Waals surface area contributed by atoms with Gasteiger partial charge in [0, 0.05) is 28.9 Å². The molecule has 0 unspecified atom stereocenters. The van der Waals surface area contributed by atoms with Gasteiger partial charge in [-0.3, -0.25) is 9.59 Å². The fourth-order valence-electron chi connectivity index (χ4n) is 2.67. The van der Waals surface area contributed by atoms with Gasteiger partial charge >= 0.3 is 0 Å². The first-order valence-corrected chi connectivity index (χ1v) is 11.3. The third-order valence-corrected chi connectivity index (χ3v) is 6.07. The average molecular weight is 490 g/mol. The van der Waals surface area contributed by atoms with Crippen LogP contribution in [0.1, 0.15) is 17.0 Å². The quantitative estimate of drug-likeness (QED) is 0.359. The zero-order chi connectivity index (χ0) is 23.1. The molecule has 0 saturated carbocycles. The first-order valence-electron chi connectivity index (χ1n) is 9.61. The van der Waals surface area contributed by atoms with E-state index < -0.39 is 0 Å². The lowest BCUT2D eigenvalue weighted by Crippen LogP contribution is -2.22. The maximum atomic E-state index is 12.3. The first kappa shape index (κ1) is 23.8. The minimum Gasteiger partial charge on any atom is -0.345 e. The van der Waals surface area contributed by atoms with Crippen molar-refractivity contribution in [3.8, 4) is 0 Å². The molecule has 0 spiro atoms. The zero-order valence-electron chi connectivity index (χ0n) is 17.4. The molecule has 2 aromatic carbocycles. The maximum Gasteiger partial charge on any atom is 0.244 e. The van der Waals surface area contributed by atoms with Crippen LogP contribution in [0.15, 0.2) is 53.7 Å². The van der Waals surface area contributed by atoms with Crippen molar-refractivity contribution in [1.82, 2.24) is 20.1 Å². The van der Waals surface area contributed by atoms with Gasteiger partial charge in [-0.05, 0) is 42.3 Å². The van der Waals surface area contributed by atoms with Crippen LogP contribution in [-0.2, 0) is 23.2 Å². The van der Waals surface area contributed by atoms with E-state index in [4.69, 9.17) is 23.2 Å². The van der Waals surface area contributed by atoms with Gasteiger partial charge in [-0.1, -0.05) is 59.2 Å². The summed E-state index contributed by atoms with van der Waals surface area (Å²) in [6.45, 7) is 2.09. The highest BCUT2D eigenvalue weighted by atomic mass is 35.5. The molecule has 0 atom stereocenters. The van der Waals surface area contributed by atoms with Gasteiger partial charge in [0.25, 0.3) is 0 Å². The molecule has 166 valence electrons. The summed E-state index contributed by atoms with van der Waals surface area (Å²) >= 11 is 13.3. The zero-order valence-corrected chi connectivity index (χ0v) is 19.8. The van der Waals surface area contributed by atoms with Crippen LogP contribution in [0.3, 0.4) is 0 Å². The molecular formula is C22H21Cl2N5O2S. The van der Waals surface area contributed by atoms with Crippen molar-refractivity contribution >= 4 is 58.5 Å². The summed E-state index contributed by atoms with van der Waals surface area (Å²) in [7, 11) is 1.78. The van der Waals surface area contributed by atoms with Crippen LogP contribution in [-0.4, -0.2) is 32.3 Å². The molecule has 1 heterocycles. The second kappa shape index (κ2) is 11.2. The van der Waals surface area contributed by atoms with Crippen molar-refractivity contribution in [2.75, 3.05) is 11.1 Å². The summed E-state index contributed by atoms with van der Waals surface area (Å²) in [5, 5.41) is 15.5. The van der Waals surface area contributed by atoms with Crippen LogP contribution in [0.2, 0.25) is 10.0 Å². The highest BCUT2D eigenvalue weighted by Gasteiger charge is 2.13. The number of amides is 2. The lowest BCUT2D eigenvalue weighted by molar-refractivity contribution is -0.116. The summed E-state index contributed by atoms with van der Waals surface area (Å²) in [5.74, 6) is 0.268. The molecule has 2 amide bonds. The molecule has 32 heavy (non-hydrogen) atoms. The number of aromatic nitrogens is 3. The second-order valence-electron chi connectivity index (χ2n) is 6.83. The van der Waals surface area contributed by atoms with E-state index in [0.29, 0.717) is 26.7 Å². The molecule has 0 bridgehead atoms. The molecule has 2 N–H and O–H groups in total. The van der Waals surface area contributed by atoms with E-state index in [-0.39, 0.29) is 24.1 Å². The summed E-state index contributed by atoms with van der Waals surface area (Å²) in [4.78, 5) is 24.4. The molecule has 0 aliphatic heterocycles. The Morgan fingerprint density at radius 2 is 1.94 bits per heavy atom. The first-order chi connectivity index (χ1) is 15.3. The number of hydrogen-bond acceptors (Lipinski definition) is 5. The van der Waals surface area contributed by atoms with Crippen molar-refractivity contribution in [3.63, 3.8) is 0 Å². The van der Waals surface area contributed by atoms with Crippen LogP contribution < -0.4 is 10.6 Å². The van der Waals surface area contributed by atoms with Gasteiger partial charge in [0.1, 0.15) is 0 Å². The van der Waals surface area contributed by atoms with Crippen LogP contribution in [0.5, 0.6) is 0 Å².